The molecule has 0 spiro atoms. The Balaban J connectivity index is 1.86. The number of aliphatic hydroxyl groups is 1. The molecule has 25 heavy (non-hydrogen) atoms. The molecule has 0 heterocycles. The Labute approximate surface area is 161 Å². The van der Waals surface area contributed by atoms with Gasteiger partial charge in [-0.3, -0.25) is 4.79 Å². The van der Waals surface area contributed by atoms with E-state index in [0.29, 0.717) is 26.2 Å². The van der Waals surface area contributed by atoms with Crippen LogP contribution in [0, 0.1) is 11.8 Å². The minimum Gasteiger partial charge on any atom is -0.511 e. The topological polar surface area (TPSA) is 37.3 Å². The van der Waals surface area contributed by atoms with E-state index in [-0.39, 0.29) is 23.4 Å². The molecule has 0 saturated heterocycles. The van der Waals surface area contributed by atoms with Gasteiger partial charge in [-0.15, -0.1) is 0 Å². The summed E-state index contributed by atoms with van der Waals surface area (Å²) in [6.45, 7) is 0. The number of rotatable bonds is 2. The highest BCUT2D eigenvalue weighted by molar-refractivity contribution is 6.37. The van der Waals surface area contributed by atoms with Gasteiger partial charge in [0.15, 0.2) is 5.78 Å². The number of Topliss-reactive ketones (excluding diaryl/α,β-unsaturated/α-hetero) is 1. The first-order valence-electron chi connectivity index (χ1n) is 8.18. The molecule has 2 aromatic rings. The summed E-state index contributed by atoms with van der Waals surface area (Å²) in [5.41, 5.74) is 2.57. The van der Waals surface area contributed by atoms with Crippen molar-refractivity contribution in [2.75, 3.05) is 0 Å². The van der Waals surface area contributed by atoms with Gasteiger partial charge in [-0.1, -0.05) is 46.9 Å². The van der Waals surface area contributed by atoms with Crippen LogP contribution in [0.15, 0.2) is 42.2 Å². The summed E-state index contributed by atoms with van der Waals surface area (Å²) in [7, 11) is 0. The monoisotopic (exact) mass is 392 g/mol. The largest absolute Gasteiger partial charge is 0.511 e. The lowest BCUT2D eigenvalue weighted by molar-refractivity contribution is -0.117. The van der Waals surface area contributed by atoms with Crippen LogP contribution in [0.1, 0.15) is 24.8 Å². The molecule has 1 N–H and O–H groups in total. The third-order valence-corrected chi connectivity index (χ3v) is 6.05. The predicted molar refractivity (Wildman–Crippen MR) is 102 cm³/mol. The molecule has 0 radical (unpaired) electrons. The fourth-order valence-corrected chi connectivity index (χ4v) is 4.61. The molecule has 0 aliphatic heterocycles. The Kier molecular flexibility index (Phi) is 4.31. The van der Waals surface area contributed by atoms with Crippen molar-refractivity contribution in [2.45, 2.75) is 19.3 Å². The van der Waals surface area contributed by atoms with E-state index in [1.807, 2.05) is 18.2 Å². The minimum absolute atomic E-state index is 0.00487. The van der Waals surface area contributed by atoms with Gasteiger partial charge in [0.2, 0.25) is 0 Å². The molecular weight excluding hydrogens is 379 g/mol. The SMILES string of the molecule is O=C1C(c2cc(-c3ccc(Cl)cc3Cl)ccc2Cl)=C(O)[C@@H]2CC[C@H]1C2. The van der Waals surface area contributed by atoms with Crippen molar-refractivity contribution < 1.29 is 9.90 Å². The van der Waals surface area contributed by atoms with Crippen LogP contribution in [0.2, 0.25) is 15.1 Å². The zero-order valence-electron chi connectivity index (χ0n) is 13.2. The fourth-order valence-electron chi connectivity index (χ4n) is 3.88. The van der Waals surface area contributed by atoms with Crippen molar-refractivity contribution in [1.82, 2.24) is 0 Å². The Bertz CT molecular complexity index is 917. The van der Waals surface area contributed by atoms with E-state index in [2.05, 4.69) is 0 Å². The van der Waals surface area contributed by atoms with Crippen LogP contribution in [0.3, 0.4) is 0 Å². The second-order valence-electron chi connectivity index (χ2n) is 6.65. The highest BCUT2D eigenvalue weighted by Gasteiger charge is 2.41. The lowest BCUT2D eigenvalue weighted by Gasteiger charge is -2.22. The second kappa shape index (κ2) is 6.35. The van der Waals surface area contributed by atoms with E-state index < -0.39 is 0 Å². The quantitative estimate of drug-likeness (QED) is 0.625. The molecule has 1 saturated carbocycles. The summed E-state index contributed by atoms with van der Waals surface area (Å²) in [5, 5.41) is 12.1. The van der Waals surface area contributed by atoms with Gasteiger partial charge in [0.1, 0.15) is 5.76 Å². The number of benzene rings is 2. The molecule has 0 amide bonds. The van der Waals surface area contributed by atoms with Crippen LogP contribution < -0.4 is 0 Å². The van der Waals surface area contributed by atoms with E-state index in [9.17, 15) is 9.90 Å². The van der Waals surface area contributed by atoms with Crippen LogP contribution in [0.25, 0.3) is 16.7 Å². The second-order valence-corrected chi connectivity index (χ2v) is 7.90. The van der Waals surface area contributed by atoms with Gasteiger partial charge >= 0.3 is 0 Å². The normalized spacial score (nSPS) is 22.6. The standard InChI is InChI=1S/C20H15Cl3O2/c21-13-4-5-14(17(23)9-13)10-3-6-16(22)15(8-10)18-19(24)11-1-2-12(7-11)20(18)25/h3-6,8-9,11-12,24H,1-2,7H2/t11-,12+/m1/s1. The van der Waals surface area contributed by atoms with E-state index >= 15 is 0 Å². The summed E-state index contributed by atoms with van der Waals surface area (Å²) in [6.07, 6.45) is 2.43. The van der Waals surface area contributed by atoms with Gasteiger partial charge in [0.05, 0.1) is 5.57 Å². The maximum Gasteiger partial charge on any atom is 0.170 e. The highest BCUT2D eigenvalue weighted by Crippen LogP contribution is 2.47. The van der Waals surface area contributed by atoms with Crippen LogP contribution in [0.5, 0.6) is 0 Å². The molecule has 2 aliphatic carbocycles. The van der Waals surface area contributed by atoms with E-state index in [0.717, 1.165) is 30.4 Å². The summed E-state index contributed by atoms with van der Waals surface area (Å²) < 4.78 is 0. The van der Waals surface area contributed by atoms with E-state index in [4.69, 9.17) is 34.8 Å². The molecule has 4 rings (SSSR count). The van der Waals surface area contributed by atoms with Gasteiger partial charge in [0.25, 0.3) is 0 Å². The Morgan fingerprint density at radius 1 is 0.880 bits per heavy atom. The third kappa shape index (κ3) is 2.87. The van der Waals surface area contributed by atoms with Gasteiger partial charge in [0, 0.05) is 38.0 Å². The average molecular weight is 394 g/mol. The molecule has 2 bridgehead atoms. The number of aliphatic hydroxyl groups excluding tert-OH is 1. The Morgan fingerprint density at radius 2 is 1.64 bits per heavy atom. The van der Waals surface area contributed by atoms with Gasteiger partial charge < -0.3 is 5.11 Å². The number of hydrogen-bond acceptors (Lipinski definition) is 2. The van der Waals surface area contributed by atoms with E-state index in [1.54, 1.807) is 18.2 Å². The van der Waals surface area contributed by atoms with Gasteiger partial charge in [-0.2, -0.15) is 0 Å². The highest BCUT2D eigenvalue weighted by atomic mass is 35.5. The Hall–Kier alpha value is -1.48. The number of fused-ring (bicyclic) bond motifs is 2. The number of carbonyl (C=O) groups excluding carboxylic acids is 1. The van der Waals surface area contributed by atoms with Gasteiger partial charge in [-0.25, -0.2) is 0 Å². The number of allylic oxidation sites excluding steroid dienone is 2. The smallest absolute Gasteiger partial charge is 0.170 e. The summed E-state index contributed by atoms with van der Waals surface area (Å²) in [5.74, 6) is 0.235. The molecule has 2 nitrogen and oxygen atoms in total. The zero-order chi connectivity index (χ0) is 17.7. The molecule has 2 aliphatic rings. The minimum atomic E-state index is -0.00694. The first-order valence-corrected chi connectivity index (χ1v) is 9.31. The Morgan fingerprint density at radius 3 is 2.40 bits per heavy atom. The van der Waals surface area contributed by atoms with Crippen molar-refractivity contribution in [3.8, 4) is 11.1 Å². The van der Waals surface area contributed by atoms with Crippen molar-refractivity contribution in [3.05, 3.63) is 62.8 Å². The maximum atomic E-state index is 12.8. The third-order valence-electron chi connectivity index (χ3n) is 5.17. The van der Waals surface area contributed by atoms with Crippen LogP contribution in [-0.4, -0.2) is 10.9 Å². The van der Waals surface area contributed by atoms with E-state index in [1.165, 1.54) is 0 Å². The molecule has 0 aromatic heterocycles. The van der Waals surface area contributed by atoms with Crippen molar-refractivity contribution in [1.29, 1.82) is 0 Å². The number of ketones is 1. The summed E-state index contributed by atoms with van der Waals surface area (Å²) >= 11 is 18.7. The number of halogens is 3. The molecule has 1 fully saturated rings. The molecular formula is C20H15Cl3O2. The number of carbonyl (C=O) groups is 1. The number of hydrogen-bond donors (Lipinski definition) is 1. The molecule has 2 aromatic carbocycles. The van der Waals surface area contributed by atoms with Crippen LogP contribution in [-0.2, 0) is 4.79 Å². The van der Waals surface area contributed by atoms with Gasteiger partial charge in [-0.05, 0) is 49.1 Å². The molecule has 2 atom stereocenters. The first-order chi connectivity index (χ1) is 12.0. The first kappa shape index (κ1) is 17.0. The van der Waals surface area contributed by atoms with Crippen LogP contribution >= 0.6 is 34.8 Å². The zero-order valence-corrected chi connectivity index (χ0v) is 15.5. The molecule has 128 valence electrons. The predicted octanol–water partition coefficient (Wildman–Crippen LogP) is 6.58. The maximum absolute atomic E-state index is 12.8. The molecule has 5 heteroatoms. The molecule has 0 unspecified atom stereocenters. The van der Waals surface area contributed by atoms with Crippen molar-refractivity contribution in [2.24, 2.45) is 11.8 Å². The average Bonchev–Trinajstić information content (AvgIpc) is 3.02. The van der Waals surface area contributed by atoms with Crippen molar-refractivity contribution >= 4 is 46.2 Å². The van der Waals surface area contributed by atoms with Crippen molar-refractivity contribution in [3.63, 3.8) is 0 Å². The fraction of sp³-hybridized carbons (Fsp3) is 0.250. The summed E-state index contributed by atoms with van der Waals surface area (Å²) in [6, 6.07) is 10.7. The lowest BCUT2D eigenvalue weighted by atomic mass is 9.83. The van der Waals surface area contributed by atoms with Crippen LogP contribution in [0.4, 0.5) is 0 Å². The summed E-state index contributed by atoms with van der Waals surface area (Å²) in [4.78, 5) is 12.8. The lowest BCUT2D eigenvalue weighted by Crippen LogP contribution is -2.21.